The Hall–Kier alpha value is -0.610. The van der Waals surface area contributed by atoms with Gasteiger partial charge in [0.25, 0.3) is 0 Å². The van der Waals surface area contributed by atoms with Gasteiger partial charge in [-0.25, -0.2) is 0 Å². The van der Waals surface area contributed by atoms with Crippen LogP contribution >= 0.6 is 0 Å². The number of amides is 1. The number of carbonyl (C=O) groups excluding carboxylic acids is 1. The van der Waals surface area contributed by atoms with Crippen molar-refractivity contribution >= 4 is 5.91 Å². The molecule has 4 heteroatoms. The third kappa shape index (κ3) is 3.68. The second-order valence-corrected chi connectivity index (χ2v) is 5.59. The van der Waals surface area contributed by atoms with Gasteiger partial charge in [0, 0.05) is 25.0 Å². The van der Waals surface area contributed by atoms with E-state index < -0.39 is 0 Å². The van der Waals surface area contributed by atoms with Crippen molar-refractivity contribution in [3.63, 3.8) is 0 Å². The van der Waals surface area contributed by atoms with Crippen LogP contribution in [0.5, 0.6) is 0 Å². The zero-order chi connectivity index (χ0) is 12.3. The number of carbonyl (C=O) groups is 1. The maximum Gasteiger partial charge on any atom is 0.222 e. The topological polar surface area (TPSA) is 52.6 Å². The Morgan fingerprint density at radius 2 is 2.06 bits per heavy atom. The molecule has 2 aliphatic rings. The van der Waals surface area contributed by atoms with E-state index in [-0.39, 0.29) is 18.1 Å². The summed E-state index contributed by atoms with van der Waals surface area (Å²) in [6, 6.07) is 0.853. The van der Waals surface area contributed by atoms with Gasteiger partial charge in [-0.05, 0) is 26.3 Å². The Labute approximate surface area is 103 Å². The van der Waals surface area contributed by atoms with Gasteiger partial charge in [0.15, 0.2) is 0 Å². The molecule has 0 spiro atoms. The molecule has 0 aromatic carbocycles. The fraction of sp³-hybridized carbons (Fsp3) is 0.923. The Morgan fingerprint density at radius 3 is 2.65 bits per heavy atom. The van der Waals surface area contributed by atoms with Crippen molar-refractivity contribution < 1.29 is 9.90 Å². The molecule has 98 valence electrons. The number of rotatable bonds is 5. The molecule has 0 radical (unpaired) electrons. The molecule has 4 nitrogen and oxygen atoms in total. The van der Waals surface area contributed by atoms with Gasteiger partial charge in [-0.15, -0.1) is 0 Å². The predicted octanol–water partition coefficient (Wildman–Crippen LogP) is 0.890. The molecule has 2 rings (SSSR count). The molecular formula is C13H24N2O2. The van der Waals surface area contributed by atoms with Crippen LogP contribution in [0.15, 0.2) is 0 Å². The number of hydrogen-bond donors (Lipinski definition) is 2. The van der Waals surface area contributed by atoms with Crippen molar-refractivity contribution in [3.8, 4) is 0 Å². The lowest BCUT2D eigenvalue weighted by molar-refractivity contribution is -0.128. The van der Waals surface area contributed by atoms with Gasteiger partial charge in [-0.3, -0.25) is 4.79 Å². The molecule has 2 unspecified atom stereocenters. The lowest BCUT2D eigenvalue weighted by atomic mass is 9.93. The summed E-state index contributed by atoms with van der Waals surface area (Å²) in [5.74, 6) is 0.114. The molecular weight excluding hydrogens is 216 g/mol. The van der Waals surface area contributed by atoms with Crippen LogP contribution in [0.1, 0.15) is 44.9 Å². The highest BCUT2D eigenvalue weighted by atomic mass is 16.3. The number of nitrogens with one attached hydrogen (secondary N) is 1. The summed E-state index contributed by atoms with van der Waals surface area (Å²) in [6.45, 7) is 0.733. The number of likely N-dealkylation sites (N-methyl/N-ethyl adjacent to an activating group) is 1. The summed E-state index contributed by atoms with van der Waals surface area (Å²) in [5, 5.41) is 12.8. The summed E-state index contributed by atoms with van der Waals surface area (Å²) in [5.41, 5.74) is 0. The van der Waals surface area contributed by atoms with Gasteiger partial charge >= 0.3 is 0 Å². The van der Waals surface area contributed by atoms with Gasteiger partial charge in [-0.1, -0.05) is 19.3 Å². The molecule has 0 bridgehead atoms. The average molecular weight is 240 g/mol. The number of hydrogen-bond acceptors (Lipinski definition) is 3. The lowest BCUT2D eigenvalue weighted by Gasteiger charge is -2.34. The fourth-order valence-electron chi connectivity index (χ4n) is 2.98. The smallest absolute Gasteiger partial charge is 0.222 e. The molecule has 1 aliphatic carbocycles. The highest BCUT2D eigenvalue weighted by Crippen LogP contribution is 2.22. The van der Waals surface area contributed by atoms with E-state index in [1.54, 1.807) is 0 Å². The zero-order valence-electron chi connectivity index (χ0n) is 10.7. The fourth-order valence-corrected chi connectivity index (χ4v) is 2.98. The third-order valence-corrected chi connectivity index (χ3v) is 4.05. The van der Waals surface area contributed by atoms with E-state index in [1.165, 1.54) is 32.1 Å². The summed E-state index contributed by atoms with van der Waals surface area (Å²) in [7, 11) is 2.11. The van der Waals surface area contributed by atoms with Crippen molar-refractivity contribution in [2.45, 2.75) is 63.1 Å². The van der Waals surface area contributed by atoms with Crippen LogP contribution in [-0.4, -0.2) is 47.7 Å². The lowest BCUT2D eigenvalue weighted by Crippen LogP contribution is -2.51. The molecule has 2 atom stereocenters. The van der Waals surface area contributed by atoms with Gasteiger partial charge < -0.3 is 15.3 Å². The highest BCUT2D eigenvalue weighted by Gasteiger charge is 2.28. The Balaban J connectivity index is 1.66. The maximum absolute atomic E-state index is 10.8. The molecule has 1 saturated heterocycles. The van der Waals surface area contributed by atoms with Crippen LogP contribution in [0, 0.1) is 0 Å². The Kier molecular flexibility index (Phi) is 4.40. The first-order chi connectivity index (χ1) is 8.15. The van der Waals surface area contributed by atoms with Crippen molar-refractivity contribution in [2.24, 2.45) is 0 Å². The average Bonchev–Trinajstić information content (AvgIpc) is 2.28. The molecule has 1 amide bonds. The normalized spacial score (nSPS) is 27.7. The number of nitrogens with zero attached hydrogens (tertiary/aromatic N) is 1. The van der Waals surface area contributed by atoms with Crippen LogP contribution in [-0.2, 0) is 4.79 Å². The monoisotopic (exact) mass is 240 g/mol. The van der Waals surface area contributed by atoms with Crippen LogP contribution in [0.2, 0.25) is 0 Å². The van der Waals surface area contributed by atoms with Crippen LogP contribution in [0.25, 0.3) is 0 Å². The first-order valence-electron chi connectivity index (χ1n) is 6.83. The van der Waals surface area contributed by atoms with Gasteiger partial charge in [0.1, 0.15) is 0 Å². The van der Waals surface area contributed by atoms with Crippen LogP contribution < -0.4 is 5.32 Å². The van der Waals surface area contributed by atoms with Gasteiger partial charge in [0.05, 0.1) is 6.10 Å². The van der Waals surface area contributed by atoms with E-state index in [2.05, 4.69) is 17.3 Å². The second kappa shape index (κ2) is 5.83. The van der Waals surface area contributed by atoms with E-state index in [0.29, 0.717) is 18.9 Å². The summed E-state index contributed by atoms with van der Waals surface area (Å²) < 4.78 is 0. The summed E-state index contributed by atoms with van der Waals surface area (Å²) in [4.78, 5) is 13.1. The van der Waals surface area contributed by atoms with E-state index >= 15 is 0 Å². The minimum Gasteiger partial charge on any atom is -0.392 e. The van der Waals surface area contributed by atoms with Crippen molar-refractivity contribution in [1.82, 2.24) is 10.2 Å². The molecule has 0 aromatic heterocycles. The second-order valence-electron chi connectivity index (χ2n) is 5.59. The standard InChI is InChI=1S/C13H24N2O2/c1-15(11-5-3-2-4-6-11)9-12(16)7-10-8-13(17)14-10/h10-12,16H,2-9H2,1H3,(H,14,17). The molecule has 1 saturated carbocycles. The Morgan fingerprint density at radius 1 is 1.41 bits per heavy atom. The molecule has 17 heavy (non-hydrogen) atoms. The van der Waals surface area contributed by atoms with E-state index in [9.17, 15) is 9.90 Å². The summed E-state index contributed by atoms with van der Waals surface area (Å²) in [6.07, 6.45) is 7.52. The number of aliphatic hydroxyl groups is 1. The largest absolute Gasteiger partial charge is 0.392 e. The number of aliphatic hydroxyl groups excluding tert-OH is 1. The first-order valence-corrected chi connectivity index (χ1v) is 6.83. The van der Waals surface area contributed by atoms with Crippen molar-refractivity contribution in [1.29, 1.82) is 0 Å². The minimum atomic E-state index is -0.312. The molecule has 2 fully saturated rings. The maximum atomic E-state index is 10.8. The third-order valence-electron chi connectivity index (χ3n) is 4.05. The molecule has 1 aliphatic heterocycles. The Bertz CT molecular complexity index is 256. The van der Waals surface area contributed by atoms with Crippen molar-refractivity contribution in [3.05, 3.63) is 0 Å². The van der Waals surface area contributed by atoms with E-state index in [1.807, 2.05) is 0 Å². The quantitative estimate of drug-likeness (QED) is 0.702. The van der Waals surface area contributed by atoms with E-state index in [0.717, 1.165) is 6.54 Å². The minimum absolute atomic E-state index is 0.114. The van der Waals surface area contributed by atoms with Gasteiger partial charge in [-0.2, -0.15) is 0 Å². The zero-order valence-corrected chi connectivity index (χ0v) is 10.7. The molecule has 1 heterocycles. The highest BCUT2D eigenvalue weighted by molar-refractivity contribution is 5.82. The number of β-lactam (4-membered cyclic amide) rings is 1. The van der Waals surface area contributed by atoms with E-state index in [4.69, 9.17) is 0 Å². The van der Waals surface area contributed by atoms with Crippen molar-refractivity contribution in [2.75, 3.05) is 13.6 Å². The SMILES string of the molecule is CN(CC(O)CC1CC(=O)N1)C1CCCCC1. The summed E-state index contributed by atoms with van der Waals surface area (Å²) >= 11 is 0. The molecule has 0 aromatic rings. The van der Waals surface area contributed by atoms with Gasteiger partial charge in [0.2, 0.25) is 5.91 Å². The van der Waals surface area contributed by atoms with Crippen LogP contribution in [0.4, 0.5) is 0 Å². The first kappa shape index (κ1) is 12.8. The van der Waals surface area contributed by atoms with Crippen LogP contribution in [0.3, 0.4) is 0 Å². The molecule has 2 N–H and O–H groups in total. The predicted molar refractivity (Wildman–Crippen MR) is 66.7 cm³/mol.